The number of hydrogen-bond acceptors (Lipinski definition) is 4. The summed E-state index contributed by atoms with van der Waals surface area (Å²) in [6, 6.07) is 5.18. The Balaban J connectivity index is 2.14. The largest absolute Gasteiger partial charge is 0.479 e. The van der Waals surface area contributed by atoms with E-state index in [-0.39, 0.29) is 12.3 Å². The molecule has 0 fully saturated rings. The number of methoxy groups -OCH3 is 1. The number of aromatic nitrogens is 4. The van der Waals surface area contributed by atoms with Crippen LogP contribution in [0.2, 0.25) is 0 Å². The number of carbonyl (C=O) groups is 1. The summed E-state index contributed by atoms with van der Waals surface area (Å²) >= 11 is 0. The van der Waals surface area contributed by atoms with E-state index < -0.39 is 35.6 Å². The van der Waals surface area contributed by atoms with Crippen molar-refractivity contribution in [3.05, 3.63) is 53.4 Å². The third-order valence-electron chi connectivity index (χ3n) is 5.40. The van der Waals surface area contributed by atoms with E-state index in [1.807, 2.05) is 13.8 Å². The second-order valence-electron chi connectivity index (χ2n) is 8.25. The van der Waals surface area contributed by atoms with Crippen LogP contribution in [0.1, 0.15) is 25.1 Å². The van der Waals surface area contributed by atoms with Gasteiger partial charge in [0, 0.05) is 47.3 Å². The van der Waals surface area contributed by atoms with Gasteiger partial charge in [-0.3, -0.25) is 5.10 Å². The maximum absolute atomic E-state index is 14.5. The van der Waals surface area contributed by atoms with Crippen molar-refractivity contribution in [2.45, 2.75) is 31.9 Å². The molecule has 32 heavy (non-hydrogen) atoms. The van der Waals surface area contributed by atoms with E-state index in [2.05, 4.69) is 15.2 Å². The number of aromatic amines is 1. The van der Waals surface area contributed by atoms with E-state index in [0.717, 1.165) is 12.1 Å². The van der Waals surface area contributed by atoms with Crippen LogP contribution in [-0.2, 0) is 21.4 Å². The lowest BCUT2D eigenvalue weighted by Crippen LogP contribution is -2.29. The van der Waals surface area contributed by atoms with Crippen molar-refractivity contribution in [3.8, 4) is 5.69 Å². The topological polar surface area (TPSA) is 93.0 Å². The van der Waals surface area contributed by atoms with Crippen molar-refractivity contribution in [1.82, 2.24) is 19.7 Å². The number of ether oxygens (including phenoxy) is 1. The molecule has 0 amide bonds. The molecule has 0 aliphatic rings. The normalized spacial score (nSPS) is 13.2. The van der Waals surface area contributed by atoms with Gasteiger partial charge in [0.15, 0.2) is 17.3 Å². The van der Waals surface area contributed by atoms with Gasteiger partial charge in [0.1, 0.15) is 0 Å². The number of halogens is 3. The van der Waals surface area contributed by atoms with Crippen LogP contribution >= 0.6 is 0 Å². The van der Waals surface area contributed by atoms with Crippen molar-refractivity contribution in [2.24, 2.45) is 0 Å². The molecule has 0 radical (unpaired) electrons. The number of hydrogen-bond donors (Lipinski definition) is 2. The Morgan fingerprint density at radius 2 is 2.03 bits per heavy atom. The van der Waals surface area contributed by atoms with Crippen LogP contribution in [0.5, 0.6) is 0 Å². The zero-order chi connectivity index (χ0) is 23.2. The van der Waals surface area contributed by atoms with Gasteiger partial charge in [-0.25, -0.2) is 22.9 Å². The van der Waals surface area contributed by atoms with Crippen molar-refractivity contribution < 1.29 is 27.8 Å². The minimum absolute atomic E-state index is 0.198. The molecule has 0 saturated heterocycles. The number of carboxylic acid groups (broad SMARTS) is 1. The Hall–Kier alpha value is -3.40. The average molecular weight is 446 g/mol. The Morgan fingerprint density at radius 1 is 1.28 bits per heavy atom. The average Bonchev–Trinajstić information content (AvgIpc) is 3.30. The Kier molecular flexibility index (Phi) is 5.41. The van der Waals surface area contributed by atoms with E-state index in [1.54, 1.807) is 16.8 Å². The van der Waals surface area contributed by atoms with E-state index in [0.29, 0.717) is 33.3 Å². The quantitative estimate of drug-likeness (QED) is 0.447. The number of nitrogens with zero attached hydrogens (tertiary/aromatic N) is 3. The molecule has 1 aromatic carbocycles. The summed E-state index contributed by atoms with van der Waals surface area (Å²) in [5.74, 6) is -3.65. The van der Waals surface area contributed by atoms with Crippen LogP contribution < -0.4 is 0 Å². The molecule has 7 nitrogen and oxygen atoms in total. The van der Waals surface area contributed by atoms with Gasteiger partial charge in [-0.15, -0.1) is 0 Å². The summed E-state index contributed by atoms with van der Waals surface area (Å²) in [4.78, 5) is 15.9. The van der Waals surface area contributed by atoms with Crippen molar-refractivity contribution in [2.75, 3.05) is 13.7 Å². The molecule has 4 rings (SSSR count). The molecule has 2 N–H and O–H groups in total. The molecule has 0 saturated carbocycles. The molecular formula is C22H21F3N4O3. The van der Waals surface area contributed by atoms with Gasteiger partial charge in [-0.2, -0.15) is 5.10 Å². The molecule has 10 heteroatoms. The molecule has 4 aromatic rings. The van der Waals surface area contributed by atoms with Gasteiger partial charge in [0.25, 0.3) is 0 Å². The first-order chi connectivity index (χ1) is 15.1. The summed E-state index contributed by atoms with van der Waals surface area (Å²) < 4.78 is 49.4. The molecule has 0 aliphatic heterocycles. The van der Waals surface area contributed by atoms with E-state index in [1.165, 1.54) is 13.2 Å². The Bertz CT molecular complexity index is 1330. The molecule has 3 aromatic heterocycles. The number of rotatable bonds is 7. The van der Waals surface area contributed by atoms with Crippen LogP contribution in [-0.4, -0.2) is 50.7 Å². The number of fused-ring (bicyclic) bond motifs is 2. The van der Waals surface area contributed by atoms with E-state index in [9.17, 15) is 23.1 Å². The molecule has 0 spiro atoms. The molecule has 168 valence electrons. The first kappa shape index (κ1) is 21.8. The maximum atomic E-state index is 14.5. The molecule has 3 heterocycles. The lowest BCUT2D eigenvalue weighted by molar-refractivity contribution is -0.142. The number of aliphatic carboxylic acids is 1. The second kappa shape index (κ2) is 7.94. The van der Waals surface area contributed by atoms with Crippen molar-refractivity contribution >= 4 is 28.0 Å². The Morgan fingerprint density at radius 3 is 2.69 bits per heavy atom. The number of benzene rings is 1. The predicted octanol–water partition coefficient (Wildman–Crippen LogP) is 4.07. The second-order valence-corrected chi connectivity index (χ2v) is 8.25. The molecular weight excluding hydrogens is 425 g/mol. The summed E-state index contributed by atoms with van der Waals surface area (Å²) in [5.41, 5.74) is 1.62. The monoisotopic (exact) mass is 446 g/mol. The third kappa shape index (κ3) is 3.60. The smallest absolute Gasteiger partial charge is 0.338 e. The number of H-pyrrole nitrogens is 1. The number of pyridine rings is 1. The summed E-state index contributed by atoms with van der Waals surface area (Å²) in [7, 11) is 1.51. The van der Waals surface area contributed by atoms with Crippen molar-refractivity contribution in [3.63, 3.8) is 0 Å². The lowest BCUT2D eigenvalue weighted by atomic mass is 9.86. The number of carboxylic acids is 1. The Labute approximate surface area is 180 Å². The first-order valence-electron chi connectivity index (χ1n) is 9.83. The molecule has 0 bridgehead atoms. The van der Waals surface area contributed by atoms with Gasteiger partial charge in [-0.1, -0.05) is 13.8 Å². The summed E-state index contributed by atoms with van der Waals surface area (Å²) in [6.45, 7) is 3.88. The highest BCUT2D eigenvalue weighted by molar-refractivity contribution is 5.94. The van der Waals surface area contributed by atoms with Gasteiger partial charge in [-0.05, 0) is 18.2 Å². The fourth-order valence-electron chi connectivity index (χ4n) is 4.12. The van der Waals surface area contributed by atoms with Crippen LogP contribution in [0.4, 0.5) is 13.2 Å². The highest BCUT2D eigenvalue weighted by Gasteiger charge is 2.34. The minimum Gasteiger partial charge on any atom is -0.479 e. The van der Waals surface area contributed by atoms with Gasteiger partial charge < -0.3 is 14.4 Å². The molecule has 0 aliphatic carbocycles. The van der Waals surface area contributed by atoms with Crippen LogP contribution in [0.25, 0.3) is 27.8 Å². The zero-order valence-corrected chi connectivity index (χ0v) is 17.6. The SMILES string of the molecule is COCC(C)(C)c1c(C[C@@H](F)C(=O)O)c2nc3[nH]ncc3cc2n1-c1ccc(F)c(F)c1. The van der Waals surface area contributed by atoms with Crippen LogP contribution in [0, 0.1) is 11.6 Å². The standard InChI is InChI=1S/C22H21F3N4O3/c1-22(2,10-32-3)19-13(8-16(25)21(30)31)18-17(6-11-9-26-28-20(11)27-18)29(19)12-4-5-14(23)15(24)7-12/h4-7,9,16H,8,10H2,1-3H3,(H,30,31)(H,26,27,28)/t16-/m1/s1. The highest BCUT2D eigenvalue weighted by Crippen LogP contribution is 2.39. The first-order valence-corrected chi connectivity index (χ1v) is 9.83. The predicted molar refractivity (Wildman–Crippen MR) is 112 cm³/mol. The summed E-state index contributed by atoms with van der Waals surface area (Å²) in [6.07, 6.45) is -1.09. The van der Waals surface area contributed by atoms with Crippen molar-refractivity contribution in [1.29, 1.82) is 0 Å². The number of alkyl halides is 1. The van der Waals surface area contributed by atoms with Gasteiger partial charge in [0.2, 0.25) is 6.17 Å². The van der Waals surface area contributed by atoms with Crippen LogP contribution in [0.3, 0.4) is 0 Å². The summed E-state index contributed by atoms with van der Waals surface area (Å²) in [5, 5.41) is 16.6. The molecule has 0 unspecified atom stereocenters. The fraction of sp³-hybridized carbons (Fsp3) is 0.318. The zero-order valence-electron chi connectivity index (χ0n) is 17.6. The maximum Gasteiger partial charge on any atom is 0.338 e. The van der Waals surface area contributed by atoms with E-state index >= 15 is 0 Å². The van der Waals surface area contributed by atoms with Crippen LogP contribution in [0.15, 0.2) is 30.5 Å². The highest BCUT2D eigenvalue weighted by atomic mass is 19.2. The van der Waals surface area contributed by atoms with E-state index in [4.69, 9.17) is 4.74 Å². The van der Waals surface area contributed by atoms with Gasteiger partial charge in [0.05, 0.1) is 23.8 Å². The minimum atomic E-state index is -2.18. The van der Waals surface area contributed by atoms with Gasteiger partial charge >= 0.3 is 5.97 Å². The number of nitrogens with one attached hydrogen (secondary N) is 1. The molecule has 1 atom stereocenters. The fourth-order valence-corrected chi connectivity index (χ4v) is 4.12. The third-order valence-corrected chi connectivity index (χ3v) is 5.40. The lowest BCUT2D eigenvalue weighted by Gasteiger charge is -2.28.